The first-order valence-corrected chi connectivity index (χ1v) is 10.3. The van der Waals surface area contributed by atoms with Gasteiger partial charge in [0.2, 0.25) is 0 Å². The second-order valence-electron chi connectivity index (χ2n) is 6.17. The Labute approximate surface area is 183 Å². The number of nitrogens with one attached hydrogen (secondary N) is 1. The molecule has 10 heteroatoms. The standard InChI is InChI=1S/C20H14BrFN4O3S/c1-28-16-8-11(6-13-18(23)26-20(25-19(13)27)30-10-24-26)7-14(21)17(16)29-9-12-4-2-3-5-15(12)22/h2-8,10,23H,9H2,1H3/b13-6+,23-18?. The third-order valence-corrected chi connectivity index (χ3v) is 5.55. The molecule has 0 unspecified atom stereocenters. The van der Waals surface area contributed by atoms with E-state index in [-0.39, 0.29) is 23.8 Å². The van der Waals surface area contributed by atoms with Crippen molar-refractivity contribution in [2.75, 3.05) is 7.11 Å². The summed E-state index contributed by atoms with van der Waals surface area (Å²) in [4.78, 5) is 16.3. The van der Waals surface area contributed by atoms with E-state index in [1.165, 1.54) is 41.6 Å². The second-order valence-corrected chi connectivity index (χ2v) is 7.84. The summed E-state index contributed by atoms with van der Waals surface area (Å²) in [7, 11) is 1.48. The molecule has 152 valence electrons. The number of hydrogen-bond acceptors (Lipinski definition) is 6. The molecule has 0 bridgehead atoms. The Kier molecular flexibility index (Phi) is 5.69. The highest BCUT2D eigenvalue weighted by molar-refractivity contribution is 9.10. The lowest BCUT2D eigenvalue weighted by atomic mass is 10.1. The van der Waals surface area contributed by atoms with E-state index < -0.39 is 5.91 Å². The van der Waals surface area contributed by atoms with Crippen LogP contribution in [0, 0.1) is 11.2 Å². The second kappa shape index (κ2) is 8.41. The van der Waals surface area contributed by atoms with Crippen molar-refractivity contribution in [2.45, 2.75) is 6.61 Å². The highest BCUT2D eigenvalue weighted by Crippen LogP contribution is 2.38. The van der Waals surface area contributed by atoms with Gasteiger partial charge in [-0.15, -0.1) is 0 Å². The summed E-state index contributed by atoms with van der Waals surface area (Å²) in [5.41, 5.74) is 2.63. The first-order valence-electron chi connectivity index (χ1n) is 8.64. The summed E-state index contributed by atoms with van der Waals surface area (Å²) in [5, 5.41) is 13.9. The molecule has 1 N–H and O–H groups in total. The van der Waals surface area contributed by atoms with Gasteiger partial charge in [0.25, 0.3) is 5.91 Å². The van der Waals surface area contributed by atoms with Crippen molar-refractivity contribution in [1.82, 2.24) is 5.01 Å². The molecule has 0 saturated heterocycles. The van der Waals surface area contributed by atoms with Gasteiger partial charge in [0.05, 0.1) is 22.7 Å². The van der Waals surface area contributed by atoms with Gasteiger partial charge in [-0.2, -0.15) is 15.1 Å². The van der Waals surface area contributed by atoms with Crippen molar-refractivity contribution in [3.63, 3.8) is 0 Å². The molecule has 0 aromatic heterocycles. The molecule has 2 aromatic carbocycles. The maximum absolute atomic E-state index is 13.9. The Balaban J connectivity index is 1.63. The monoisotopic (exact) mass is 488 g/mol. The molecule has 0 spiro atoms. The number of benzene rings is 2. The average molecular weight is 489 g/mol. The highest BCUT2D eigenvalue weighted by atomic mass is 79.9. The average Bonchev–Trinajstić information content (AvgIpc) is 3.19. The third-order valence-electron chi connectivity index (χ3n) is 4.29. The first-order chi connectivity index (χ1) is 14.5. The molecule has 1 amide bonds. The van der Waals surface area contributed by atoms with Gasteiger partial charge in [0, 0.05) is 5.56 Å². The minimum atomic E-state index is -0.515. The molecule has 2 aromatic rings. The van der Waals surface area contributed by atoms with Crippen LogP contribution in [0.15, 0.2) is 56.5 Å². The number of halogens is 2. The summed E-state index contributed by atoms with van der Waals surface area (Å²) >= 11 is 4.62. The Morgan fingerprint density at radius 1 is 1.33 bits per heavy atom. The minimum Gasteiger partial charge on any atom is -0.493 e. The fraction of sp³-hybridized carbons (Fsp3) is 0.100. The Morgan fingerprint density at radius 3 is 2.90 bits per heavy atom. The van der Waals surface area contributed by atoms with E-state index in [0.29, 0.717) is 32.3 Å². The summed E-state index contributed by atoms with van der Waals surface area (Å²) in [6.45, 7) is 0.0212. The quantitative estimate of drug-likeness (QED) is 0.629. The fourth-order valence-electron chi connectivity index (χ4n) is 2.83. The van der Waals surface area contributed by atoms with E-state index in [4.69, 9.17) is 14.9 Å². The number of ether oxygens (including phenoxy) is 2. The number of hydrogen-bond donors (Lipinski definition) is 1. The minimum absolute atomic E-state index is 0.0212. The number of aliphatic imine (C=N–C) groups is 1. The number of carbonyl (C=O) groups excluding carboxylic acids is 1. The molecular weight excluding hydrogens is 475 g/mol. The van der Waals surface area contributed by atoms with Crippen LogP contribution < -0.4 is 9.47 Å². The largest absolute Gasteiger partial charge is 0.493 e. The number of nitrogens with zero attached hydrogens (tertiary/aromatic N) is 3. The van der Waals surface area contributed by atoms with Crippen LogP contribution >= 0.6 is 27.7 Å². The molecule has 7 nitrogen and oxygen atoms in total. The predicted molar refractivity (Wildman–Crippen MR) is 117 cm³/mol. The zero-order chi connectivity index (χ0) is 21.3. The van der Waals surface area contributed by atoms with Crippen LogP contribution in [0.1, 0.15) is 11.1 Å². The maximum atomic E-state index is 13.9. The first kappa shape index (κ1) is 20.3. The molecule has 0 aliphatic carbocycles. The molecule has 4 rings (SSSR count). The van der Waals surface area contributed by atoms with Crippen molar-refractivity contribution >= 4 is 56.2 Å². The van der Waals surface area contributed by atoms with Crippen LogP contribution in [0.25, 0.3) is 6.08 Å². The van der Waals surface area contributed by atoms with Crippen LogP contribution in [0.4, 0.5) is 4.39 Å². The lowest BCUT2D eigenvalue weighted by Crippen LogP contribution is -2.35. The van der Waals surface area contributed by atoms with Gasteiger partial charge in [-0.3, -0.25) is 10.2 Å². The summed E-state index contributed by atoms with van der Waals surface area (Å²) in [6.07, 6.45) is 1.54. The van der Waals surface area contributed by atoms with E-state index >= 15 is 0 Å². The molecule has 30 heavy (non-hydrogen) atoms. The topological polar surface area (TPSA) is 87.3 Å². The van der Waals surface area contributed by atoms with E-state index in [9.17, 15) is 9.18 Å². The smallest absolute Gasteiger partial charge is 0.283 e. The van der Waals surface area contributed by atoms with Gasteiger partial charge in [0.1, 0.15) is 12.4 Å². The molecule has 2 aliphatic rings. The number of methoxy groups -OCH3 is 1. The van der Waals surface area contributed by atoms with Crippen LogP contribution in [0.2, 0.25) is 0 Å². The number of carbonyl (C=O) groups is 1. The molecule has 0 saturated carbocycles. The van der Waals surface area contributed by atoms with Crippen molar-refractivity contribution in [3.8, 4) is 11.5 Å². The SMILES string of the molecule is COc1cc(/C=C2\C(=N)N3N=CSC3=NC2=O)cc(Br)c1OCc1ccccc1F. The predicted octanol–water partition coefficient (Wildman–Crippen LogP) is 4.42. The normalized spacial score (nSPS) is 16.7. The Bertz CT molecular complexity index is 1150. The van der Waals surface area contributed by atoms with Crippen molar-refractivity contribution in [1.29, 1.82) is 5.41 Å². The van der Waals surface area contributed by atoms with Crippen molar-refractivity contribution in [2.24, 2.45) is 10.1 Å². The van der Waals surface area contributed by atoms with Gasteiger partial charge < -0.3 is 9.47 Å². The summed E-state index contributed by atoms with van der Waals surface area (Å²) < 4.78 is 25.6. The number of rotatable bonds is 5. The van der Waals surface area contributed by atoms with Crippen LogP contribution in [0.3, 0.4) is 0 Å². The number of amides is 1. The van der Waals surface area contributed by atoms with Crippen LogP contribution in [-0.4, -0.2) is 34.6 Å². The third kappa shape index (κ3) is 3.88. The van der Waals surface area contributed by atoms with Gasteiger partial charge in [-0.1, -0.05) is 18.2 Å². The number of thioether (sulfide) groups is 1. The lowest BCUT2D eigenvalue weighted by molar-refractivity contribution is -0.114. The van der Waals surface area contributed by atoms with E-state index in [0.717, 1.165) is 0 Å². The molecule has 2 aliphatic heterocycles. The van der Waals surface area contributed by atoms with Gasteiger partial charge in [-0.25, -0.2) is 4.39 Å². The molecule has 0 fully saturated rings. The number of hydrazone groups is 1. The van der Waals surface area contributed by atoms with E-state index in [1.54, 1.807) is 30.3 Å². The molecule has 2 heterocycles. The molecular formula is C20H14BrFN4O3S. The van der Waals surface area contributed by atoms with E-state index in [1.807, 2.05) is 0 Å². The lowest BCUT2D eigenvalue weighted by Gasteiger charge is -2.20. The van der Waals surface area contributed by atoms with Crippen molar-refractivity contribution < 1.29 is 18.7 Å². The Hall–Kier alpha value is -2.98. The summed E-state index contributed by atoms with van der Waals surface area (Å²) in [5.74, 6) is -0.138. The van der Waals surface area contributed by atoms with Gasteiger partial charge in [-0.05, 0) is 57.5 Å². The van der Waals surface area contributed by atoms with Crippen molar-refractivity contribution in [3.05, 3.63) is 63.4 Å². The molecule has 0 radical (unpaired) electrons. The number of amidine groups is 2. The highest BCUT2D eigenvalue weighted by Gasteiger charge is 2.32. The zero-order valence-electron chi connectivity index (χ0n) is 15.6. The van der Waals surface area contributed by atoms with Crippen LogP contribution in [-0.2, 0) is 11.4 Å². The summed E-state index contributed by atoms with van der Waals surface area (Å²) in [6, 6.07) is 9.73. The van der Waals surface area contributed by atoms with Gasteiger partial charge >= 0.3 is 0 Å². The Morgan fingerprint density at radius 2 is 2.13 bits per heavy atom. The number of fused-ring (bicyclic) bond motifs is 1. The van der Waals surface area contributed by atoms with E-state index in [2.05, 4.69) is 26.0 Å². The maximum Gasteiger partial charge on any atom is 0.283 e. The zero-order valence-corrected chi connectivity index (χ0v) is 18.0. The van der Waals surface area contributed by atoms with Crippen LogP contribution in [0.5, 0.6) is 11.5 Å². The molecule has 0 atom stereocenters. The van der Waals surface area contributed by atoms with Gasteiger partial charge in [0.15, 0.2) is 22.5 Å². The fourth-order valence-corrected chi connectivity index (χ4v) is 4.02.